The second-order valence-corrected chi connectivity index (χ2v) is 5.21. The molecule has 0 heterocycles. The van der Waals surface area contributed by atoms with Gasteiger partial charge in [-0.05, 0) is 30.2 Å². The van der Waals surface area contributed by atoms with Crippen LogP contribution in [0.3, 0.4) is 0 Å². The van der Waals surface area contributed by atoms with Crippen molar-refractivity contribution in [2.45, 2.75) is 6.92 Å². The molecular weight excluding hydrogens is 320 g/mol. The van der Waals surface area contributed by atoms with Crippen molar-refractivity contribution in [2.75, 3.05) is 19.7 Å². The van der Waals surface area contributed by atoms with Crippen molar-refractivity contribution < 1.29 is 19.1 Å². The van der Waals surface area contributed by atoms with Crippen molar-refractivity contribution in [2.24, 2.45) is 0 Å². The Kier molecular flexibility index (Phi) is 6.71. The van der Waals surface area contributed by atoms with Crippen molar-refractivity contribution in [3.8, 4) is 11.1 Å². The molecule has 2 amide bonds. The Labute approximate surface area is 146 Å². The lowest BCUT2D eigenvalue weighted by atomic mass is 10.0. The predicted molar refractivity (Wildman–Crippen MR) is 93.9 cm³/mol. The molecule has 0 fully saturated rings. The lowest BCUT2D eigenvalue weighted by Crippen LogP contribution is -2.39. The van der Waals surface area contributed by atoms with Crippen LogP contribution in [-0.4, -0.2) is 37.5 Å². The van der Waals surface area contributed by atoms with Crippen LogP contribution in [0.1, 0.15) is 17.3 Å². The summed E-state index contributed by atoms with van der Waals surface area (Å²) in [5.74, 6) is -1.33. The smallest absolute Gasteiger partial charge is 0.325 e. The summed E-state index contributed by atoms with van der Waals surface area (Å²) in [7, 11) is 0. The summed E-state index contributed by atoms with van der Waals surface area (Å²) < 4.78 is 4.69. The summed E-state index contributed by atoms with van der Waals surface area (Å²) in [5.41, 5.74) is 2.52. The average Bonchev–Trinajstić information content (AvgIpc) is 2.65. The van der Waals surface area contributed by atoms with Crippen molar-refractivity contribution in [3.63, 3.8) is 0 Å². The van der Waals surface area contributed by atoms with Crippen LogP contribution in [0.4, 0.5) is 0 Å². The quantitative estimate of drug-likeness (QED) is 0.752. The molecular formula is C19H20N2O4. The van der Waals surface area contributed by atoms with Gasteiger partial charge in [-0.25, -0.2) is 0 Å². The molecule has 0 aliphatic carbocycles. The van der Waals surface area contributed by atoms with Crippen LogP contribution in [0.2, 0.25) is 0 Å². The molecule has 0 atom stereocenters. The monoisotopic (exact) mass is 340 g/mol. The Hall–Kier alpha value is -3.15. The summed E-state index contributed by atoms with van der Waals surface area (Å²) in [6.07, 6.45) is 0. The molecule has 0 radical (unpaired) electrons. The summed E-state index contributed by atoms with van der Waals surface area (Å²) >= 11 is 0. The lowest BCUT2D eigenvalue weighted by Gasteiger charge is -2.07. The molecule has 0 aliphatic heterocycles. The molecule has 0 spiro atoms. The molecule has 25 heavy (non-hydrogen) atoms. The maximum absolute atomic E-state index is 12.1. The number of nitrogens with one attached hydrogen (secondary N) is 2. The van der Waals surface area contributed by atoms with Crippen molar-refractivity contribution in [3.05, 3.63) is 60.2 Å². The van der Waals surface area contributed by atoms with E-state index in [-0.39, 0.29) is 25.6 Å². The Morgan fingerprint density at radius 2 is 1.48 bits per heavy atom. The Bertz CT molecular complexity index is 727. The largest absolute Gasteiger partial charge is 0.465 e. The van der Waals surface area contributed by atoms with E-state index in [0.29, 0.717) is 5.56 Å². The van der Waals surface area contributed by atoms with Gasteiger partial charge in [0.2, 0.25) is 5.91 Å². The van der Waals surface area contributed by atoms with E-state index in [1.165, 1.54) is 0 Å². The second-order valence-electron chi connectivity index (χ2n) is 5.21. The van der Waals surface area contributed by atoms with Crippen LogP contribution in [-0.2, 0) is 14.3 Å². The van der Waals surface area contributed by atoms with Gasteiger partial charge in [-0.15, -0.1) is 0 Å². The van der Waals surface area contributed by atoms with Gasteiger partial charge in [0.15, 0.2) is 0 Å². The SMILES string of the molecule is CCOC(=O)CNC(=O)CNC(=O)c1ccc(-c2ccccc2)cc1. The number of hydrogen-bond acceptors (Lipinski definition) is 4. The molecule has 2 aromatic rings. The van der Waals surface area contributed by atoms with E-state index >= 15 is 0 Å². The zero-order chi connectivity index (χ0) is 18.1. The molecule has 2 rings (SSSR count). The molecule has 0 saturated carbocycles. The lowest BCUT2D eigenvalue weighted by molar-refractivity contribution is -0.143. The predicted octanol–water partition coefficient (Wildman–Crippen LogP) is 1.76. The van der Waals surface area contributed by atoms with E-state index in [2.05, 4.69) is 10.6 Å². The number of carbonyl (C=O) groups excluding carboxylic acids is 3. The highest BCUT2D eigenvalue weighted by Gasteiger charge is 2.10. The van der Waals surface area contributed by atoms with Gasteiger partial charge >= 0.3 is 5.97 Å². The van der Waals surface area contributed by atoms with Crippen molar-refractivity contribution in [1.82, 2.24) is 10.6 Å². The van der Waals surface area contributed by atoms with Gasteiger partial charge in [0.05, 0.1) is 13.2 Å². The van der Waals surface area contributed by atoms with Gasteiger partial charge in [-0.2, -0.15) is 0 Å². The summed E-state index contributed by atoms with van der Waals surface area (Å²) in [6.45, 7) is 1.51. The van der Waals surface area contributed by atoms with Crippen LogP contribution in [0.15, 0.2) is 54.6 Å². The molecule has 2 aromatic carbocycles. The Morgan fingerprint density at radius 1 is 0.840 bits per heavy atom. The van der Waals surface area contributed by atoms with Crippen LogP contribution in [0, 0.1) is 0 Å². The zero-order valence-corrected chi connectivity index (χ0v) is 14.0. The van der Waals surface area contributed by atoms with Crippen molar-refractivity contribution >= 4 is 17.8 Å². The van der Waals surface area contributed by atoms with Gasteiger partial charge in [-0.1, -0.05) is 42.5 Å². The van der Waals surface area contributed by atoms with Gasteiger partial charge in [-0.3, -0.25) is 14.4 Å². The van der Waals surface area contributed by atoms with Crippen LogP contribution in [0.5, 0.6) is 0 Å². The maximum atomic E-state index is 12.1. The van der Waals surface area contributed by atoms with Gasteiger partial charge in [0.1, 0.15) is 6.54 Å². The summed E-state index contributed by atoms with van der Waals surface area (Å²) in [4.78, 5) is 34.8. The second kappa shape index (κ2) is 9.22. The fraction of sp³-hybridized carbons (Fsp3) is 0.211. The van der Waals surface area contributed by atoms with E-state index in [1.54, 1.807) is 19.1 Å². The van der Waals surface area contributed by atoms with Crippen LogP contribution in [0.25, 0.3) is 11.1 Å². The first-order valence-corrected chi connectivity index (χ1v) is 7.96. The molecule has 0 saturated heterocycles. The summed E-state index contributed by atoms with van der Waals surface area (Å²) in [6, 6.07) is 16.9. The van der Waals surface area contributed by atoms with E-state index in [4.69, 9.17) is 4.74 Å². The molecule has 130 valence electrons. The first-order valence-electron chi connectivity index (χ1n) is 7.96. The van der Waals surface area contributed by atoms with E-state index < -0.39 is 11.9 Å². The molecule has 0 unspecified atom stereocenters. The minimum Gasteiger partial charge on any atom is -0.465 e. The standard InChI is InChI=1S/C19H20N2O4/c1-2-25-18(23)13-20-17(22)12-21-19(24)16-10-8-15(9-11-16)14-6-4-3-5-7-14/h3-11H,2,12-13H2,1H3,(H,20,22)(H,21,24). The van der Waals surface area contributed by atoms with E-state index in [1.807, 2.05) is 42.5 Å². The number of amides is 2. The normalized spacial score (nSPS) is 9.96. The number of hydrogen-bond donors (Lipinski definition) is 2. The minimum absolute atomic E-state index is 0.210. The van der Waals surface area contributed by atoms with Gasteiger partial charge in [0, 0.05) is 5.56 Å². The topological polar surface area (TPSA) is 84.5 Å². The number of ether oxygens (including phenoxy) is 1. The number of rotatable bonds is 7. The third-order valence-corrected chi connectivity index (χ3v) is 3.40. The molecule has 0 aromatic heterocycles. The molecule has 6 nitrogen and oxygen atoms in total. The number of benzene rings is 2. The first kappa shape index (κ1) is 18.2. The highest BCUT2D eigenvalue weighted by molar-refractivity contribution is 5.97. The molecule has 2 N–H and O–H groups in total. The third kappa shape index (κ3) is 5.76. The number of esters is 1. The third-order valence-electron chi connectivity index (χ3n) is 3.40. The van der Waals surface area contributed by atoms with Gasteiger partial charge in [0.25, 0.3) is 5.91 Å². The van der Waals surface area contributed by atoms with Crippen molar-refractivity contribution in [1.29, 1.82) is 0 Å². The first-order chi connectivity index (χ1) is 12.1. The highest BCUT2D eigenvalue weighted by Crippen LogP contribution is 2.19. The minimum atomic E-state index is -0.515. The average molecular weight is 340 g/mol. The highest BCUT2D eigenvalue weighted by atomic mass is 16.5. The maximum Gasteiger partial charge on any atom is 0.325 e. The van der Waals surface area contributed by atoms with Crippen LogP contribution < -0.4 is 10.6 Å². The van der Waals surface area contributed by atoms with Gasteiger partial charge < -0.3 is 15.4 Å². The van der Waals surface area contributed by atoms with E-state index in [0.717, 1.165) is 11.1 Å². The fourth-order valence-electron chi connectivity index (χ4n) is 2.15. The molecule has 0 bridgehead atoms. The zero-order valence-electron chi connectivity index (χ0n) is 14.0. The molecule has 6 heteroatoms. The number of carbonyl (C=O) groups is 3. The van der Waals surface area contributed by atoms with Crippen LogP contribution >= 0.6 is 0 Å². The fourth-order valence-corrected chi connectivity index (χ4v) is 2.15. The molecule has 0 aliphatic rings. The Balaban J connectivity index is 1.83. The summed E-state index contributed by atoms with van der Waals surface area (Å²) in [5, 5.41) is 4.89. The Morgan fingerprint density at radius 3 is 2.12 bits per heavy atom. The van der Waals surface area contributed by atoms with E-state index in [9.17, 15) is 14.4 Å².